The fraction of sp³-hybridized carbons (Fsp3) is 0.857. The summed E-state index contributed by atoms with van der Waals surface area (Å²) in [4.78, 5) is 25.3. The molecule has 5 heteroatoms. The first kappa shape index (κ1) is 14.3. The maximum absolute atomic E-state index is 12.6. The number of hydrogen-bond acceptors (Lipinski definition) is 3. The molecule has 19 heavy (non-hydrogen) atoms. The molecule has 0 radical (unpaired) electrons. The fourth-order valence-corrected chi connectivity index (χ4v) is 3.22. The lowest BCUT2D eigenvalue weighted by Gasteiger charge is -2.39. The molecule has 1 saturated heterocycles. The zero-order valence-electron chi connectivity index (χ0n) is 11.7. The van der Waals surface area contributed by atoms with Gasteiger partial charge in [-0.25, -0.2) is 4.79 Å². The standard InChI is InChI=1S/C14H23NO4/c1-14(2)5-3-4-10(8-14)12(16)15-6-7-19-9-11(15)13(17)18/h10-11H,3-9H2,1-2H3,(H,17,18). The fourth-order valence-electron chi connectivity index (χ4n) is 3.22. The van der Waals surface area contributed by atoms with Crippen molar-refractivity contribution in [1.82, 2.24) is 4.90 Å². The molecule has 0 aromatic heterocycles. The number of hydrogen-bond donors (Lipinski definition) is 1. The molecule has 0 bridgehead atoms. The highest BCUT2D eigenvalue weighted by Gasteiger charge is 2.39. The van der Waals surface area contributed by atoms with Crippen molar-refractivity contribution in [2.45, 2.75) is 45.6 Å². The third-order valence-corrected chi connectivity index (χ3v) is 4.25. The van der Waals surface area contributed by atoms with Crippen LogP contribution in [0.25, 0.3) is 0 Å². The number of carboxylic acid groups (broad SMARTS) is 1. The first-order valence-corrected chi connectivity index (χ1v) is 7.02. The third-order valence-electron chi connectivity index (χ3n) is 4.25. The first-order valence-electron chi connectivity index (χ1n) is 7.02. The topological polar surface area (TPSA) is 66.8 Å². The van der Waals surface area contributed by atoms with Gasteiger partial charge in [0.15, 0.2) is 6.04 Å². The molecule has 2 rings (SSSR count). The highest BCUT2D eigenvalue weighted by atomic mass is 16.5. The molecule has 1 amide bonds. The smallest absolute Gasteiger partial charge is 0.328 e. The lowest BCUT2D eigenvalue weighted by Crippen LogP contribution is -2.54. The number of amides is 1. The summed E-state index contributed by atoms with van der Waals surface area (Å²) in [6.45, 7) is 5.30. The van der Waals surface area contributed by atoms with Crippen molar-refractivity contribution in [3.05, 3.63) is 0 Å². The van der Waals surface area contributed by atoms with E-state index >= 15 is 0 Å². The van der Waals surface area contributed by atoms with Crippen LogP contribution in [0.2, 0.25) is 0 Å². The lowest BCUT2D eigenvalue weighted by molar-refractivity contribution is -0.161. The van der Waals surface area contributed by atoms with E-state index in [-0.39, 0.29) is 23.8 Å². The van der Waals surface area contributed by atoms with E-state index in [2.05, 4.69) is 13.8 Å². The molecule has 2 atom stereocenters. The molecule has 2 aliphatic rings. The van der Waals surface area contributed by atoms with Crippen LogP contribution in [-0.2, 0) is 14.3 Å². The van der Waals surface area contributed by atoms with Gasteiger partial charge in [-0.15, -0.1) is 0 Å². The minimum absolute atomic E-state index is 0.00322. The molecule has 1 N–H and O–H groups in total. The largest absolute Gasteiger partial charge is 0.480 e. The van der Waals surface area contributed by atoms with Crippen LogP contribution < -0.4 is 0 Å². The second-order valence-electron chi connectivity index (χ2n) is 6.42. The second kappa shape index (κ2) is 5.49. The normalized spacial score (nSPS) is 30.9. The van der Waals surface area contributed by atoms with Crippen LogP contribution in [0.15, 0.2) is 0 Å². The maximum Gasteiger partial charge on any atom is 0.328 e. The number of aliphatic carboxylic acids is 1. The Morgan fingerprint density at radius 3 is 2.74 bits per heavy atom. The Kier molecular flexibility index (Phi) is 4.13. The Balaban J connectivity index is 2.06. The van der Waals surface area contributed by atoms with Gasteiger partial charge in [0, 0.05) is 12.5 Å². The average Bonchev–Trinajstić information content (AvgIpc) is 2.36. The predicted octanol–water partition coefficient (Wildman–Crippen LogP) is 1.51. The van der Waals surface area contributed by atoms with Gasteiger partial charge in [0.2, 0.25) is 5.91 Å². The molecular formula is C14H23NO4. The third kappa shape index (κ3) is 3.26. The zero-order valence-corrected chi connectivity index (χ0v) is 11.7. The summed E-state index contributed by atoms with van der Waals surface area (Å²) in [6, 6.07) is -0.814. The molecule has 1 saturated carbocycles. The van der Waals surface area contributed by atoms with Crippen molar-refractivity contribution < 1.29 is 19.4 Å². The molecular weight excluding hydrogens is 246 g/mol. The van der Waals surface area contributed by atoms with Crippen LogP contribution in [0.5, 0.6) is 0 Å². The van der Waals surface area contributed by atoms with Crippen molar-refractivity contribution >= 4 is 11.9 Å². The van der Waals surface area contributed by atoms with Gasteiger partial charge >= 0.3 is 5.97 Å². The number of nitrogens with zero attached hydrogens (tertiary/aromatic N) is 1. The van der Waals surface area contributed by atoms with E-state index in [1.54, 1.807) is 0 Å². The van der Waals surface area contributed by atoms with Gasteiger partial charge in [-0.3, -0.25) is 4.79 Å². The van der Waals surface area contributed by atoms with Crippen LogP contribution >= 0.6 is 0 Å². The molecule has 0 aromatic carbocycles. The van der Waals surface area contributed by atoms with E-state index in [0.29, 0.717) is 13.2 Å². The number of rotatable bonds is 2. The predicted molar refractivity (Wildman–Crippen MR) is 69.7 cm³/mol. The molecule has 0 aromatic rings. The zero-order chi connectivity index (χ0) is 14.0. The van der Waals surface area contributed by atoms with Crippen LogP contribution in [0, 0.1) is 11.3 Å². The van der Waals surface area contributed by atoms with E-state index < -0.39 is 12.0 Å². The number of carbonyl (C=O) groups excluding carboxylic acids is 1. The Hall–Kier alpha value is -1.10. The van der Waals surface area contributed by atoms with E-state index in [9.17, 15) is 14.7 Å². The van der Waals surface area contributed by atoms with Crippen LogP contribution in [-0.4, -0.2) is 47.7 Å². The van der Waals surface area contributed by atoms with Crippen LogP contribution in [0.4, 0.5) is 0 Å². The highest BCUT2D eigenvalue weighted by molar-refractivity contribution is 5.85. The van der Waals surface area contributed by atoms with E-state index in [0.717, 1.165) is 25.7 Å². The molecule has 5 nitrogen and oxygen atoms in total. The molecule has 1 aliphatic carbocycles. The number of carboxylic acids is 1. The van der Waals surface area contributed by atoms with E-state index in [4.69, 9.17) is 4.74 Å². The molecule has 108 valence electrons. The molecule has 2 fully saturated rings. The number of morpholine rings is 1. The maximum atomic E-state index is 12.6. The van der Waals surface area contributed by atoms with Crippen molar-refractivity contribution in [2.75, 3.05) is 19.8 Å². The molecule has 2 unspecified atom stereocenters. The van der Waals surface area contributed by atoms with E-state index in [1.807, 2.05) is 0 Å². The number of carbonyl (C=O) groups is 2. The van der Waals surface area contributed by atoms with Crippen molar-refractivity contribution in [3.63, 3.8) is 0 Å². The Morgan fingerprint density at radius 2 is 2.11 bits per heavy atom. The van der Waals surface area contributed by atoms with Gasteiger partial charge in [-0.1, -0.05) is 20.3 Å². The van der Waals surface area contributed by atoms with Gasteiger partial charge in [-0.2, -0.15) is 0 Å². The Bertz CT molecular complexity index is 366. The van der Waals surface area contributed by atoms with Gasteiger partial charge in [0.25, 0.3) is 0 Å². The summed E-state index contributed by atoms with van der Waals surface area (Å²) >= 11 is 0. The van der Waals surface area contributed by atoms with Crippen molar-refractivity contribution in [3.8, 4) is 0 Å². The summed E-state index contributed by atoms with van der Waals surface area (Å²) in [5.41, 5.74) is 0.184. The summed E-state index contributed by atoms with van der Waals surface area (Å²) in [6.07, 6.45) is 3.93. The van der Waals surface area contributed by atoms with Gasteiger partial charge < -0.3 is 14.7 Å². The summed E-state index contributed by atoms with van der Waals surface area (Å²) < 4.78 is 5.18. The van der Waals surface area contributed by atoms with Crippen molar-refractivity contribution in [2.24, 2.45) is 11.3 Å². The van der Waals surface area contributed by atoms with E-state index in [1.165, 1.54) is 4.90 Å². The quantitative estimate of drug-likeness (QED) is 0.825. The molecule has 1 aliphatic heterocycles. The lowest BCUT2D eigenvalue weighted by atomic mass is 9.72. The van der Waals surface area contributed by atoms with Crippen LogP contribution in [0.3, 0.4) is 0 Å². The van der Waals surface area contributed by atoms with Gasteiger partial charge in [-0.05, 0) is 24.7 Å². The van der Waals surface area contributed by atoms with Gasteiger partial charge in [0.1, 0.15) is 0 Å². The van der Waals surface area contributed by atoms with Gasteiger partial charge in [0.05, 0.1) is 13.2 Å². The molecule has 1 heterocycles. The van der Waals surface area contributed by atoms with Crippen LogP contribution in [0.1, 0.15) is 39.5 Å². The highest BCUT2D eigenvalue weighted by Crippen LogP contribution is 2.39. The second-order valence-corrected chi connectivity index (χ2v) is 6.42. The molecule has 0 spiro atoms. The minimum atomic E-state index is -0.969. The Morgan fingerprint density at radius 1 is 1.37 bits per heavy atom. The summed E-state index contributed by atoms with van der Waals surface area (Å²) in [7, 11) is 0. The minimum Gasteiger partial charge on any atom is -0.480 e. The number of ether oxygens (including phenoxy) is 1. The Labute approximate surface area is 113 Å². The summed E-state index contributed by atoms with van der Waals surface area (Å²) in [5, 5.41) is 9.18. The SMILES string of the molecule is CC1(C)CCCC(C(=O)N2CCOCC2C(=O)O)C1. The van der Waals surface area contributed by atoms with Crippen molar-refractivity contribution in [1.29, 1.82) is 0 Å². The first-order chi connectivity index (χ1) is 8.91. The average molecular weight is 269 g/mol. The summed E-state index contributed by atoms with van der Waals surface area (Å²) in [5.74, 6) is -0.990. The monoisotopic (exact) mass is 269 g/mol.